The lowest BCUT2D eigenvalue weighted by molar-refractivity contribution is 0.810. The fourth-order valence-corrected chi connectivity index (χ4v) is 7.56. The van der Waals surface area contributed by atoms with Gasteiger partial charge in [-0.25, -0.2) is 0 Å². The minimum Gasteiger partial charge on any atom is -0.334 e. The molecule has 51 heavy (non-hydrogen) atoms. The normalized spacial score (nSPS) is 17.1. The number of rotatable bonds is 7. The van der Waals surface area contributed by atoms with E-state index in [1.807, 2.05) is 0 Å². The third-order valence-electron chi connectivity index (χ3n) is 10.1. The summed E-state index contributed by atoms with van der Waals surface area (Å²) in [5, 5.41) is 5.03. The Morgan fingerprint density at radius 2 is 1.25 bits per heavy atom. The van der Waals surface area contributed by atoms with Gasteiger partial charge in [-0.3, -0.25) is 0 Å². The highest BCUT2D eigenvalue weighted by Gasteiger charge is 2.21. The van der Waals surface area contributed by atoms with E-state index >= 15 is 0 Å². The molecule has 0 heterocycles. The Kier molecular flexibility index (Phi) is 9.06. The molecule has 1 unspecified atom stereocenters. The summed E-state index contributed by atoms with van der Waals surface area (Å²) in [7, 11) is 0. The van der Waals surface area contributed by atoms with Crippen LogP contribution in [0.2, 0.25) is 0 Å². The van der Waals surface area contributed by atoms with Crippen LogP contribution in [0.5, 0.6) is 0 Å². The molecule has 0 amide bonds. The molecule has 0 N–H and O–H groups in total. The fourth-order valence-electron chi connectivity index (χ4n) is 7.56. The summed E-state index contributed by atoms with van der Waals surface area (Å²) in [6, 6.07) is 48.8. The van der Waals surface area contributed by atoms with Crippen LogP contribution < -0.4 is 20.2 Å². The van der Waals surface area contributed by atoms with Crippen LogP contribution in [0.3, 0.4) is 0 Å². The first-order valence-electron chi connectivity index (χ1n) is 17.9. The van der Waals surface area contributed by atoms with Crippen molar-refractivity contribution in [2.24, 2.45) is 0 Å². The SMILES string of the molecule is Cc1cc(N(C2=CC=CC=CC2)c2cccc3ccccc23)ccc1-c1ccc(N(c2ccccc2)C2\C=C/C=c3/cccc/c3=C\C2)cc1C. The van der Waals surface area contributed by atoms with Gasteiger partial charge in [-0.2, -0.15) is 0 Å². The Bertz CT molecular complexity index is 2460. The predicted octanol–water partition coefficient (Wildman–Crippen LogP) is 11.4. The maximum atomic E-state index is 2.48. The molecule has 1 atom stereocenters. The average molecular weight is 659 g/mol. The molecule has 2 aliphatic carbocycles. The molecule has 6 aromatic rings. The van der Waals surface area contributed by atoms with E-state index in [9.17, 15) is 0 Å². The minimum absolute atomic E-state index is 0.173. The topological polar surface area (TPSA) is 6.48 Å². The van der Waals surface area contributed by atoms with Crippen molar-refractivity contribution < 1.29 is 0 Å². The fraction of sp³-hybridized carbons (Fsp3) is 0.102. The second kappa shape index (κ2) is 14.4. The second-order valence-corrected chi connectivity index (χ2v) is 13.4. The molecule has 8 rings (SSSR count). The molecule has 0 bridgehead atoms. The summed E-state index contributed by atoms with van der Waals surface area (Å²) < 4.78 is 0. The monoisotopic (exact) mass is 658 g/mol. The number of aryl methyl sites for hydroxylation is 2. The van der Waals surface area contributed by atoms with E-state index < -0.39 is 0 Å². The first-order valence-corrected chi connectivity index (χ1v) is 17.9. The van der Waals surface area contributed by atoms with Gasteiger partial charge >= 0.3 is 0 Å². The molecule has 0 radical (unpaired) electrons. The molecular weight excluding hydrogens is 617 g/mol. The van der Waals surface area contributed by atoms with E-state index in [0.29, 0.717) is 0 Å². The highest BCUT2D eigenvalue weighted by atomic mass is 15.2. The number of nitrogens with zero attached hydrogens (tertiary/aromatic N) is 2. The van der Waals surface area contributed by atoms with Crippen molar-refractivity contribution in [3.63, 3.8) is 0 Å². The van der Waals surface area contributed by atoms with E-state index in [-0.39, 0.29) is 6.04 Å². The molecule has 0 fully saturated rings. The number of hydrogen-bond acceptors (Lipinski definition) is 2. The van der Waals surface area contributed by atoms with Crippen molar-refractivity contribution in [1.82, 2.24) is 0 Å². The van der Waals surface area contributed by atoms with Crippen molar-refractivity contribution in [3.05, 3.63) is 203 Å². The Morgan fingerprint density at radius 1 is 0.549 bits per heavy atom. The van der Waals surface area contributed by atoms with Crippen molar-refractivity contribution in [2.75, 3.05) is 9.80 Å². The molecule has 248 valence electrons. The largest absolute Gasteiger partial charge is 0.334 e. The van der Waals surface area contributed by atoms with Gasteiger partial charge in [0.1, 0.15) is 0 Å². The van der Waals surface area contributed by atoms with Gasteiger partial charge in [0.15, 0.2) is 0 Å². The summed E-state index contributed by atoms with van der Waals surface area (Å²) in [5.41, 5.74) is 11.0. The summed E-state index contributed by atoms with van der Waals surface area (Å²) >= 11 is 0. The van der Waals surface area contributed by atoms with Gasteiger partial charge in [-0.15, -0.1) is 0 Å². The second-order valence-electron chi connectivity index (χ2n) is 13.4. The molecule has 0 saturated carbocycles. The molecule has 0 aliphatic heterocycles. The number of anilines is 4. The van der Waals surface area contributed by atoms with Gasteiger partial charge in [-0.05, 0) is 107 Å². The smallest absolute Gasteiger partial charge is 0.0560 e. The molecular formula is C49H42N2. The lowest BCUT2D eigenvalue weighted by Crippen LogP contribution is -2.32. The van der Waals surface area contributed by atoms with Crippen LogP contribution >= 0.6 is 0 Å². The molecule has 2 aliphatic rings. The zero-order valence-corrected chi connectivity index (χ0v) is 29.3. The average Bonchev–Trinajstić information content (AvgIpc) is 3.44. The van der Waals surface area contributed by atoms with E-state index in [2.05, 4.69) is 212 Å². The molecule has 0 saturated heterocycles. The van der Waals surface area contributed by atoms with Crippen LogP contribution in [0.4, 0.5) is 22.7 Å². The van der Waals surface area contributed by atoms with Crippen LogP contribution in [0.1, 0.15) is 24.0 Å². The maximum Gasteiger partial charge on any atom is 0.0560 e. The van der Waals surface area contributed by atoms with Crippen LogP contribution in [0.25, 0.3) is 34.1 Å². The molecule has 0 spiro atoms. The van der Waals surface area contributed by atoms with Crippen LogP contribution in [-0.2, 0) is 0 Å². The van der Waals surface area contributed by atoms with E-state index in [1.54, 1.807) is 0 Å². The Morgan fingerprint density at radius 3 is 2.08 bits per heavy atom. The zero-order chi connectivity index (χ0) is 34.6. The van der Waals surface area contributed by atoms with Crippen molar-refractivity contribution in [2.45, 2.75) is 32.7 Å². The van der Waals surface area contributed by atoms with Crippen LogP contribution in [0.15, 0.2) is 182 Å². The van der Waals surface area contributed by atoms with Gasteiger partial charge in [0.05, 0.1) is 11.7 Å². The first kappa shape index (κ1) is 32.1. The summed E-state index contributed by atoms with van der Waals surface area (Å²) in [5.74, 6) is 0. The van der Waals surface area contributed by atoms with Gasteiger partial charge in [0, 0.05) is 34.6 Å². The van der Waals surface area contributed by atoms with Gasteiger partial charge in [0.25, 0.3) is 0 Å². The number of benzene rings is 6. The molecule has 2 nitrogen and oxygen atoms in total. The Hall–Kier alpha value is -6.12. The Balaban J connectivity index is 1.17. The first-order chi connectivity index (χ1) is 25.1. The lowest BCUT2D eigenvalue weighted by Gasteiger charge is -2.32. The van der Waals surface area contributed by atoms with Gasteiger partial charge in [0.2, 0.25) is 0 Å². The Labute approximate surface area is 301 Å². The summed E-state index contributed by atoms with van der Waals surface area (Å²) in [4.78, 5) is 4.91. The minimum atomic E-state index is 0.173. The number of para-hydroxylation sites is 1. The highest BCUT2D eigenvalue weighted by Crippen LogP contribution is 2.40. The van der Waals surface area contributed by atoms with E-state index in [4.69, 9.17) is 0 Å². The third-order valence-corrected chi connectivity index (χ3v) is 10.1. The quantitative estimate of drug-likeness (QED) is 0.168. The molecule has 6 aromatic carbocycles. The van der Waals surface area contributed by atoms with E-state index in [0.717, 1.165) is 18.5 Å². The summed E-state index contributed by atoms with van der Waals surface area (Å²) in [6.45, 7) is 4.49. The number of allylic oxidation sites excluding steroid dienone is 6. The van der Waals surface area contributed by atoms with Gasteiger partial charge in [-0.1, -0.05) is 140 Å². The van der Waals surface area contributed by atoms with Crippen molar-refractivity contribution in [1.29, 1.82) is 0 Å². The number of hydrogen-bond donors (Lipinski definition) is 0. The standard InChI is InChI=1S/C49H42N2/c1-36-34-44(50(41-21-8-5-9-22-41)43-25-14-19-38-16-10-11-17-39(38)28-29-43)30-32-46(36)47-33-31-45(35-37(47)2)51(42-23-6-3-4-7-24-42)49-27-15-20-40-18-12-13-26-48(40)49/h3-23,25-28,30-35,43H,24,29H2,1-2H3/b25-14-,38-19-,39-28+. The van der Waals surface area contributed by atoms with Crippen molar-refractivity contribution in [3.8, 4) is 11.1 Å². The predicted molar refractivity (Wildman–Crippen MR) is 219 cm³/mol. The van der Waals surface area contributed by atoms with E-state index in [1.165, 1.54) is 66.2 Å². The van der Waals surface area contributed by atoms with Crippen molar-refractivity contribution >= 4 is 45.7 Å². The summed E-state index contributed by atoms with van der Waals surface area (Å²) in [6.07, 6.45) is 21.8. The maximum absolute atomic E-state index is 2.48. The molecule has 0 aromatic heterocycles. The molecule has 2 heteroatoms. The van der Waals surface area contributed by atoms with Crippen LogP contribution in [-0.4, -0.2) is 6.04 Å². The zero-order valence-electron chi connectivity index (χ0n) is 29.3. The third kappa shape index (κ3) is 6.61. The highest BCUT2D eigenvalue weighted by molar-refractivity contribution is 5.97. The lowest BCUT2D eigenvalue weighted by atomic mass is 9.94. The van der Waals surface area contributed by atoms with Gasteiger partial charge < -0.3 is 9.80 Å². The van der Waals surface area contributed by atoms with Crippen LogP contribution in [0, 0.1) is 13.8 Å². The number of fused-ring (bicyclic) bond motifs is 2.